The predicted molar refractivity (Wildman–Crippen MR) is 68.7 cm³/mol. The number of nitrogens with two attached hydrogens (primary N) is 1. The fourth-order valence-corrected chi connectivity index (χ4v) is 2.44. The fraction of sp³-hybridized carbons (Fsp3) is 0.250. The first-order valence-electron chi connectivity index (χ1n) is 5.27. The summed E-state index contributed by atoms with van der Waals surface area (Å²) in [5.41, 5.74) is 6.27. The normalized spacial score (nSPS) is 10.6. The van der Waals surface area contributed by atoms with E-state index in [4.69, 9.17) is 5.73 Å². The van der Waals surface area contributed by atoms with Crippen LogP contribution in [0.1, 0.15) is 12.8 Å². The summed E-state index contributed by atoms with van der Waals surface area (Å²) in [7, 11) is 0. The topological polar surface area (TPSA) is 55.1 Å². The molecule has 0 fully saturated rings. The van der Waals surface area contributed by atoms with Crippen molar-refractivity contribution in [3.63, 3.8) is 0 Å². The average molecular weight is 234 g/mol. The minimum absolute atomic E-state index is 0.0361. The quantitative estimate of drug-likeness (QED) is 0.854. The Balaban J connectivity index is 2.12. The standard InChI is InChI=1S/C12H14N2OS/c13-7-3-6-12(15)14-10-8-16-11-5-2-1-4-9(10)11/h1-2,4-5,8H,3,6-7,13H2,(H,14,15). The molecule has 0 saturated carbocycles. The molecule has 16 heavy (non-hydrogen) atoms. The van der Waals surface area contributed by atoms with Gasteiger partial charge in [-0.3, -0.25) is 4.79 Å². The molecule has 3 N–H and O–H groups in total. The van der Waals surface area contributed by atoms with Crippen LogP contribution in [0.5, 0.6) is 0 Å². The van der Waals surface area contributed by atoms with E-state index in [0.29, 0.717) is 13.0 Å². The van der Waals surface area contributed by atoms with Crippen molar-refractivity contribution < 1.29 is 4.79 Å². The van der Waals surface area contributed by atoms with E-state index in [2.05, 4.69) is 11.4 Å². The largest absolute Gasteiger partial charge is 0.330 e. The van der Waals surface area contributed by atoms with Crippen molar-refractivity contribution in [3.05, 3.63) is 29.6 Å². The van der Waals surface area contributed by atoms with Gasteiger partial charge in [-0.1, -0.05) is 18.2 Å². The van der Waals surface area contributed by atoms with Gasteiger partial charge in [0.2, 0.25) is 5.91 Å². The van der Waals surface area contributed by atoms with Crippen LogP contribution in [0, 0.1) is 0 Å². The van der Waals surface area contributed by atoms with Crippen molar-refractivity contribution in [3.8, 4) is 0 Å². The van der Waals surface area contributed by atoms with E-state index in [9.17, 15) is 4.79 Å². The van der Waals surface area contributed by atoms with Crippen molar-refractivity contribution in [2.45, 2.75) is 12.8 Å². The second-order valence-corrected chi connectivity index (χ2v) is 4.50. The summed E-state index contributed by atoms with van der Waals surface area (Å²) in [6, 6.07) is 8.05. The van der Waals surface area contributed by atoms with Crippen LogP contribution >= 0.6 is 11.3 Å². The minimum Gasteiger partial charge on any atom is -0.330 e. The summed E-state index contributed by atoms with van der Waals surface area (Å²) in [5.74, 6) is 0.0361. The highest BCUT2D eigenvalue weighted by atomic mass is 32.1. The summed E-state index contributed by atoms with van der Waals surface area (Å²) < 4.78 is 1.19. The number of anilines is 1. The molecule has 0 aliphatic carbocycles. The average Bonchev–Trinajstić information content (AvgIpc) is 2.70. The number of thiophene rings is 1. The van der Waals surface area contributed by atoms with Crippen LogP contribution in [-0.4, -0.2) is 12.5 Å². The molecule has 2 aromatic rings. The third-order valence-electron chi connectivity index (χ3n) is 2.36. The zero-order valence-corrected chi connectivity index (χ0v) is 9.72. The van der Waals surface area contributed by atoms with Crippen molar-refractivity contribution in [1.82, 2.24) is 0 Å². The Morgan fingerprint density at radius 2 is 2.19 bits per heavy atom. The number of benzene rings is 1. The molecule has 0 saturated heterocycles. The number of carbonyl (C=O) groups is 1. The Morgan fingerprint density at radius 3 is 3.00 bits per heavy atom. The lowest BCUT2D eigenvalue weighted by Crippen LogP contribution is -2.12. The van der Waals surface area contributed by atoms with Crippen molar-refractivity contribution >= 4 is 33.0 Å². The number of nitrogens with one attached hydrogen (secondary N) is 1. The second-order valence-electron chi connectivity index (χ2n) is 3.59. The summed E-state index contributed by atoms with van der Waals surface area (Å²) in [5, 5.41) is 6.00. The van der Waals surface area contributed by atoms with Gasteiger partial charge in [-0.25, -0.2) is 0 Å². The Hall–Kier alpha value is -1.39. The van der Waals surface area contributed by atoms with Gasteiger partial charge in [-0.05, 0) is 19.0 Å². The number of hydrogen-bond donors (Lipinski definition) is 2. The molecule has 1 heterocycles. The van der Waals surface area contributed by atoms with E-state index >= 15 is 0 Å². The maximum Gasteiger partial charge on any atom is 0.224 e. The number of hydrogen-bond acceptors (Lipinski definition) is 3. The Labute approximate surface area is 98.3 Å². The van der Waals surface area contributed by atoms with E-state index in [1.165, 1.54) is 4.70 Å². The van der Waals surface area contributed by atoms with Crippen LogP contribution in [0.2, 0.25) is 0 Å². The zero-order valence-electron chi connectivity index (χ0n) is 8.90. The maximum absolute atomic E-state index is 11.6. The molecule has 0 bridgehead atoms. The van der Waals surface area contributed by atoms with Gasteiger partial charge in [0.15, 0.2) is 0 Å². The lowest BCUT2D eigenvalue weighted by Gasteiger charge is -2.02. The van der Waals surface area contributed by atoms with Crippen LogP contribution in [0.3, 0.4) is 0 Å². The van der Waals surface area contributed by atoms with Crippen LogP contribution in [-0.2, 0) is 4.79 Å². The number of amides is 1. The van der Waals surface area contributed by atoms with E-state index < -0.39 is 0 Å². The highest BCUT2D eigenvalue weighted by Crippen LogP contribution is 2.29. The molecule has 84 valence electrons. The molecule has 0 atom stereocenters. The summed E-state index contributed by atoms with van der Waals surface area (Å²) in [4.78, 5) is 11.6. The molecule has 3 nitrogen and oxygen atoms in total. The van der Waals surface area contributed by atoms with E-state index in [1.807, 2.05) is 23.6 Å². The highest BCUT2D eigenvalue weighted by Gasteiger charge is 2.06. The lowest BCUT2D eigenvalue weighted by molar-refractivity contribution is -0.116. The smallest absolute Gasteiger partial charge is 0.224 e. The first-order valence-corrected chi connectivity index (χ1v) is 6.15. The number of fused-ring (bicyclic) bond motifs is 1. The van der Waals surface area contributed by atoms with Crippen LogP contribution < -0.4 is 11.1 Å². The molecule has 0 aliphatic rings. The van der Waals surface area contributed by atoms with E-state index in [1.54, 1.807) is 11.3 Å². The molecular formula is C12H14N2OS. The maximum atomic E-state index is 11.6. The molecule has 0 unspecified atom stereocenters. The SMILES string of the molecule is NCCCC(=O)Nc1csc2ccccc12. The zero-order chi connectivity index (χ0) is 11.4. The monoisotopic (exact) mass is 234 g/mol. The highest BCUT2D eigenvalue weighted by molar-refractivity contribution is 7.17. The third-order valence-corrected chi connectivity index (χ3v) is 3.33. The third kappa shape index (κ3) is 2.40. The molecule has 0 aliphatic heterocycles. The van der Waals surface area contributed by atoms with Crippen molar-refractivity contribution in [2.75, 3.05) is 11.9 Å². The summed E-state index contributed by atoms with van der Waals surface area (Å²) >= 11 is 1.64. The lowest BCUT2D eigenvalue weighted by atomic mass is 10.2. The van der Waals surface area contributed by atoms with Gasteiger partial charge in [0.05, 0.1) is 5.69 Å². The van der Waals surface area contributed by atoms with Crippen LogP contribution in [0.15, 0.2) is 29.6 Å². The van der Waals surface area contributed by atoms with E-state index in [-0.39, 0.29) is 5.91 Å². The molecule has 1 amide bonds. The van der Waals surface area contributed by atoms with Gasteiger partial charge < -0.3 is 11.1 Å². The fourth-order valence-electron chi connectivity index (χ4n) is 1.55. The number of rotatable bonds is 4. The molecule has 0 radical (unpaired) electrons. The van der Waals surface area contributed by atoms with Crippen LogP contribution in [0.25, 0.3) is 10.1 Å². The predicted octanol–water partition coefficient (Wildman–Crippen LogP) is 2.58. The van der Waals surface area contributed by atoms with Gasteiger partial charge in [0, 0.05) is 21.9 Å². The second kappa shape index (κ2) is 5.09. The molecule has 0 spiro atoms. The van der Waals surface area contributed by atoms with E-state index in [0.717, 1.165) is 17.5 Å². The van der Waals surface area contributed by atoms with Gasteiger partial charge in [0.25, 0.3) is 0 Å². The van der Waals surface area contributed by atoms with Crippen molar-refractivity contribution in [1.29, 1.82) is 0 Å². The molecule has 4 heteroatoms. The van der Waals surface area contributed by atoms with Gasteiger partial charge in [-0.15, -0.1) is 11.3 Å². The number of carbonyl (C=O) groups excluding carboxylic acids is 1. The minimum atomic E-state index is 0.0361. The Bertz CT molecular complexity index is 492. The Morgan fingerprint density at radius 1 is 1.38 bits per heavy atom. The van der Waals surface area contributed by atoms with Crippen molar-refractivity contribution in [2.24, 2.45) is 5.73 Å². The van der Waals surface area contributed by atoms with Gasteiger partial charge in [0.1, 0.15) is 0 Å². The molecule has 2 rings (SSSR count). The molecule has 1 aromatic heterocycles. The van der Waals surface area contributed by atoms with Gasteiger partial charge in [-0.2, -0.15) is 0 Å². The van der Waals surface area contributed by atoms with Gasteiger partial charge >= 0.3 is 0 Å². The van der Waals surface area contributed by atoms with Crippen LogP contribution in [0.4, 0.5) is 5.69 Å². The summed E-state index contributed by atoms with van der Waals surface area (Å²) in [6.07, 6.45) is 1.22. The Kier molecular flexibility index (Phi) is 3.54. The first-order chi connectivity index (χ1) is 7.81. The first kappa shape index (κ1) is 11.1. The molecule has 1 aromatic carbocycles. The molecular weight excluding hydrogens is 220 g/mol. The summed E-state index contributed by atoms with van der Waals surface area (Å²) in [6.45, 7) is 0.553.